The molecule has 1 saturated heterocycles. The molecule has 0 aliphatic carbocycles. The van der Waals surface area contributed by atoms with E-state index in [0.717, 1.165) is 12.1 Å². The van der Waals surface area contributed by atoms with Gasteiger partial charge in [-0.3, -0.25) is 4.79 Å². The van der Waals surface area contributed by atoms with Gasteiger partial charge in [0.15, 0.2) is 0 Å². The van der Waals surface area contributed by atoms with Crippen LogP contribution in [0.2, 0.25) is 0 Å². The Morgan fingerprint density at radius 1 is 1.28 bits per heavy atom. The number of nitrogens with zero attached hydrogens (tertiary/aromatic N) is 1. The number of halogens is 3. The monoisotopic (exact) mass is 379 g/mol. The predicted molar refractivity (Wildman–Crippen MR) is 85.0 cm³/mol. The summed E-state index contributed by atoms with van der Waals surface area (Å²) < 4.78 is 65.8. The fourth-order valence-electron chi connectivity index (χ4n) is 2.68. The van der Waals surface area contributed by atoms with Crippen molar-refractivity contribution in [2.24, 2.45) is 5.73 Å². The lowest BCUT2D eigenvalue weighted by Crippen LogP contribution is -2.51. The highest BCUT2D eigenvalue weighted by Crippen LogP contribution is 2.33. The number of nitrogens with one attached hydrogen (secondary N) is 1. The third-order valence-electron chi connectivity index (χ3n) is 4.04. The summed E-state index contributed by atoms with van der Waals surface area (Å²) in [6.07, 6.45) is -3.62. The molecule has 1 aromatic carbocycles. The second kappa shape index (κ2) is 7.30. The van der Waals surface area contributed by atoms with E-state index in [1.54, 1.807) is 0 Å². The van der Waals surface area contributed by atoms with Crippen LogP contribution in [0.15, 0.2) is 29.2 Å². The minimum atomic E-state index is -4.82. The summed E-state index contributed by atoms with van der Waals surface area (Å²) in [4.78, 5) is 12.9. The van der Waals surface area contributed by atoms with Gasteiger partial charge < -0.3 is 10.6 Å². The molecule has 10 heteroatoms. The second-order valence-electron chi connectivity index (χ2n) is 6.00. The van der Waals surface area contributed by atoms with Gasteiger partial charge in [0.25, 0.3) is 0 Å². The average Bonchev–Trinajstić information content (AvgIpc) is 2.53. The van der Waals surface area contributed by atoms with Crippen LogP contribution in [0, 0.1) is 0 Å². The fourth-order valence-corrected chi connectivity index (χ4v) is 4.10. The van der Waals surface area contributed by atoms with Gasteiger partial charge in [0.05, 0.1) is 16.5 Å². The van der Waals surface area contributed by atoms with Crippen molar-refractivity contribution < 1.29 is 26.4 Å². The largest absolute Gasteiger partial charge is 0.417 e. The maximum Gasteiger partial charge on any atom is 0.417 e. The number of benzene rings is 1. The van der Waals surface area contributed by atoms with Crippen LogP contribution in [0.3, 0.4) is 0 Å². The van der Waals surface area contributed by atoms with Gasteiger partial charge in [-0.15, -0.1) is 0 Å². The van der Waals surface area contributed by atoms with E-state index in [1.165, 1.54) is 17.9 Å². The Kier molecular flexibility index (Phi) is 5.75. The van der Waals surface area contributed by atoms with E-state index in [-0.39, 0.29) is 6.04 Å². The molecule has 1 aliphatic rings. The van der Waals surface area contributed by atoms with Crippen LogP contribution in [0.5, 0.6) is 0 Å². The Labute approximate surface area is 144 Å². The van der Waals surface area contributed by atoms with Gasteiger partial charge in [-0.2, -0.15) is 17.9 Å². The summed E-state index contributed by atoms with van der Waals surface area (Å²) in [6, 6.07) is 2.67. The molecule has 25 heavy (non-hydrogen) atoms. The van der Waals surface area contributed by atoms with E-state index in [4.69, 9.17) is 5.73 Å². The molecule has 140 valence electrons. The van der Waals surface area contributed by atoms with Gasteiger partial charge in [-0.05, 0) is 31.9 Å². The first-order valence-corrected chi connectivity index (χ1v) is 9.23. The van der Waals surface area contributed by atoms with Crippen LogP contribution in [-0.4, -0.2) is 44.4 Å². The average molecular weight is 379 g/mol. The molecule has 0 bridgehead atoms. The van der Waals surface area contributed by atoms with Crippen LogP contribution in [0.1, 0.15) is 25.3 Å². The van der Waals surface area contributed by atoms with Gasteiger partial charge in [0.1, 0.15) is 0 Å². The fraction of sp³-hybridized carbons (Fsp3) is 0.533. The maximum absolute atomic E-state index is 13.0. The van der Waals surface area contributed by atoms with E-state index >= 15 is 0 Å². The second-order valence-corrected chi connectivity index (χ2v) is 7.68. The van der Waals surface area contributed by atoms with Crippen molar-refractivity contribution in [2.45, 2.75) is 42.9 Å². The van der Waals surface area contributed by atoms with Gasteiger partial charge in [0, 0.05) is 19.1 Å². The van der Waals surface area contributed by atoms with E-state index in [1.807, 2.05) is 4.72 Å². The molecule has 6 nitrogen and oxygen atoms in total. The number of alkyl halides is 3. The third kappa shape index (κ3) is 4.71. The lowest BCUT2D eigenvalue weighted by molar-refractivity contribution is -0.139. The highest BCUT2D eigenvalue weighted by atomic mass is 32.2. The van der Waals surface area contributed by atoms with Crippen molar-refractivity contribution in [2.75, 3.05) is 13.1 Å². The molecule has 1 amide bonds. The summed E-state index contributed by atoms with van der Waals surface area (Å²) in [5, 5.41) is 0. The first-order chi connectivity index (χ1) is 11.5. The van der Waals surface area contributed by atoms with Crippen molar-refractivity contribution in [3.63, 3.8) is 0 Å². The van der Waals surface area contributed by atoms with Crippen LogP contribution in [0.4, 0.5) is 13.2 Å². The van der Waals surface area contributed by atoms with Crippen molar-refractivity contribution in [1.82, 2.24) is 9.62 Å². The standard InChI is InChI=1S/C15H20F3N3O3S/c1-10(14(22)21-8-6-11(19)7-9-21)20-25(23,24)13-5-3-2-4-12(13)15(16,17)18/h2-5,10-11,20H,6-9,19H2,1H3. The van der Waals surface area contributed by atoms with Crippen LogP contribution < -0.4 is 10.5 Å². The Morgan fingerprint density at radius 3 is 2.40 bits per heavy atom. The number of piperidine rings is 1. The van der Waals surface area contributed by atoms with E-state index in [2.05, 4.69) is 0 Å². The zero-order valence-corrected chi connectivity index (χ0v) is 14.4. The number of carbonyl (C=O) groups excluding carboxylic acids is 1. The summed E-state index contributed by atoms with van der Waals surface area (Å²) in [6.45, 7) is 2.10. The van der Waals surface area contributed by atoms with Crippen molar-refractivity contribution in [3.8, 4) is 0 Å². The molecule has 0 aromatic heterocycles. The van der Waals surface area contributed by atoms with E-state index < -0.39 is 38.6 Å². The molecule has 1 aromatic rings. The minimum Gasteiger partial charge on any atom is -0.341 e. The molecule has 0 spiro atoms. The van der Waals surface area contributed by atoms with Crippen LogP contribution in [0.25, 0.3) is 0 Å². The van der Waals surface area contributed by atoms with Crippen LogP contribution >= 0.6 is 0 Å². The zero-order chi connectivity index (χ0) is 18.8. The van der Waals surface area contributed by atoms with E-state index in [0.29, 0.717) is 32.0 Å². The number of hydrogen-bond donors (Lipinski definition) is 2. The first-order valence-electron chi connectivity index (χ1n) is 7.75. The first kappa shape index (κ1) is 19.7. The lowest BCUT2D eigenvalue weighted by atomic mass is 10.1. The molecule has 3 N–H and O–H groups in total. The SMILES string of the molecule is CC(NS(=O)(=O)c1ccccc1C(F)(F)F)C(=O)N1CCC(N)CC1. The van der Waals surface area contributed by atoms with E-state index in [9.17, 15) is 26.4 Å². The minimum absolute atomic E-state index is 0.00490. The predicted octanol–water partition coefficient (Wildman–Crippen LogP) is 1.32. The molecule has 0 radical (unpaired) electrons. The molecule has 1 atom stereocenters. The topological polar surface area (TPSA) is 92.5 Å². The molecule has 1 unspecified atom stereocenters. The van der Waals surface area contributed by atoms with Crippen molar-refractivity contribution in [3.05, 3.63) is 29.8 Å². The Bertz CT molecular complexity index is 729. The third-order valence-corrected chi connectivity index (χ3v) is 5.63. The van der Waals surface area contributed by atoms with Gasteiger partial charge in [-0.25, -0.2) is 8.42 Å². The van der Waals surface area contributed by atoms with Crippen molar-refractivity contribution >= 4 is 15.9 Å². The highest BCUT2D eigenvalue weighted by molar-refractivity contribution is 7.89. The van der Waals surface area contributed by atoms with Gasteiger partial charge in [0.2, 0.25) is 15.9 Å². The summed E-state index contributed by atoms with van der Waals surface area (Å²) in [5.41, 5.74) is 4.48. The maximum atomic E-state index is 13.0. The molecule has 0 saturated carbocycles. The van der Waals surface area contributed by atoms with Gasteiger partial charge >= 0.3 is 6.18 Å². The molecule has 1 heterocycles. The summed E-state index contributed by atoms with van der Waals surface area (Å²) in [7, 11) is -4.51. The molecule has 1 aliphatic heterocycles. The molecular weight excluding hydrogens is 359 g/mol. The number of sulfonamides is 1. The summed E-state index contributed by atoms with van der Waals surface area (Å²) in [5.74, 6) is -0.486. The number of rotatable bonds is 4. The number of nitrogens with two attached hydrogens (primary N) is 1. The Balaban J connectivity index is 2.17. The molecule has 1 fully saturated rings. The molecular formula is C15H20F3N3O3S. The lowest BCUT2D eigenvalue weighted by Gasteiger charge is -2.32. The number of carbonyl (C=O) groups is 1. The molecule has 2 rings (SSSR count). The number of hydrogen-bond acceptors (Lipinski definition) is 4. The number of likely N-dealkylation sites (tertiary alicyclic amines) is 1. The zero-order valence-electron chi connectivity index (χ0n) is 13.6. The smallest absolute Gasteiger partial charge is 0.341 e. The summed E-state index contributed by atoms with van der Waals surface area (Å²) >= 11 is 0. The van der Waals surface area contributed by atoms with Crippen LogP contribution in [-0.2, 0) is 21.0 Å². The Hall–Kier alpha value is -1.65. The van der Waals surface area contributed by atoms with Gasteiger partial charge in [-0.1, -0.05) is 12.1 Å². The normalized spacial score (nSPS) is 18.2. The number of amides is 1. The highest BCUT2D eigenvalue weighted by Gasteiger charge is 2.38. The van der Waals surface area contributed by atoms with Crippen molar-refractivity contribution in [1.29, 1.82) is 0 Å². The quantitative estimate of drug-likeness (QED) is 0.825. The Morgan fingerprint density at radius 2 is 1.84 bits per heavy atom.